The first-order valence-electron chi connectivity index (χ1n) is 13.2. The molecular weight excluding hydrogens is 478 g/mol. The average molecular weight is 512 g/mol. The lowest BCUT2D eigenvalue weighted by Gasteiger charge is -2.26. The molecule has 3 heteroatoms. The monoisotopic (exact) mass is 511 g/mol. The highest BCUT2D eigenvalue weighted by molar-refractivity contribution is 5.92. The molecule has 0 aliphatic rings. The van der Waals surface area contributed by atoms with Gasteiger partial charge in [0.25, 0.3) is 0 Å². The summed E-state index contributed by atoms with van der Waals surface area (Å²) in [6, 6.07) is 41.6. The van der Waals surface area contributed by atoms with Crippen molar-refractivity contribution in [1.29, 1.82) is 0 Å². The van der Waals surface area contributed by atoms with Crippen molar-refractivity contribution >= 4 is 28.7 Å². The van der Waals surface area contributed by atoms with Crippen molar-refractivity contribution in [2.45, 2.75) is 27.1 Å². The molecule has 3 nitrogen and oxygen atoms in total. The van der Waals surface area contributed by atoms with Crippen molar-refractivity contribution in [3.8, 4) is 0 Å². The third kappa shape index (κ3) is 6.01. The van der Waals surface area contributed by atoms with Gasteiger partial charge < -0.3 is 15.1 Å². The molecule has 0 unspecified atom stereocenters. The Bertz CT molecular complexity index is 1500. The third-order valence-electron chi connectivity index (χ3n) is 7.12. The largest absolute Gasteiger partial charge is 0.392 e. The molecule has 0 radical (unpaired) electrons. The molecule has 2 N–H and O–H groups in total. The minimum Gasteiger partial charge on any atom is -0.392 e. The van der Waals surface area contributed by atoms with Crippen LogP contribution in [0.3, 0.4) is 0 Å². The lowest BCUT2D eigenvalue weighted by molar-refractivity contribution is 0.281. The molecule has 5 rings (SSSR count). The van der Waals surface area contributed by atoms with Gasteiger partial charge in [-0.2, -0.15) is 0 Å². The van der Waals surface area contributed by atoms with Gasteiger partial charge in [0.15, 0.2) is 0 Å². The van der Waals surface area contributed by atoms with Crippen molar-refractivity contribution in [2.24, 2.45) is 0 Å². The van der Waals surface area contributed by atoms with Crippen LogP contribution in [0.1, 0.15) is 38.9 Å². The molecule has 0 saturated carbocycles. The molecule has 0 bridgehead atoms. The Hall–Kier alpha value is -4.44. The summed E-state index contributed by atoms with van der Waals surface area (Å²) in [7, 11) is 0. The molecule has 0 atom stereocenters. The Morgan fingerprint density at radius 2 is 1.08 bits per heavy atom. The second-order valence-electron chi connectivity index (χ2n) is 9.80. The number of nitrogens with zero attached hydrogens (tertiary/aromatic N) is 1. The predicted octanol–water partition coefficient (Wildman–Crippen LogP) is 8.35. The molecule has 39 heavy (non-hydrogen) atoms. The van der Waals surface area contributed by atoms with Crippen LogP contribution in [-0.2, 0) is 13.2 Å². The Balaban J connectivity index is 1.55. The molecule has 194 valence electrons. The van der Waals surface area contributed by atoms with Gasteiger partial charge >= 0.3 is 0 Å². The smallest absolute Gasteiger partial charge is 0.0681 e. The molecule has 0 spiro atoms. The molecule has 0 amide bonds. The Morgan fingerprint density at radius 3 is 1.56 bits per heavy atom. The predicted molar refractivity (Wildman–Crippen MR) is 162 cm³/mol. The topological polar surface area (TPSA) is 43.7 Å². The van der Waals surface area contributed by atoms with Crippen molar-refractivity contribution in [3.63, 3.8) is 0 Å². The number of aryl methyl sites for hydroxylation is 2. The Morgan fingerprint density at radius 1 is 0.564 bits per heavy atom. The van der Waals surface area contributed by atoms with Gasteiger partial charge in [-0.3, -0.25) is 0 Å². The van der Waals surface area contributed by atoms with Crippen LogP contribution in [0.5, 0.6) is 0 Å². The van der Waals surface area contributed by atoms with Gasteiger partial charge in [0, 0.05) is 17.1 Å². The SMILES string of the molecule is Cc1ccc(/C(=C/c2ccc(N(c3ccc(CO)cc3)c3ccc(CO)cc3)cc2)c2ccccc2)cc1C. The number of benzene rings is 5. The van der Waals surface area contributed by atoms with Gasteiger partial charge in [0.05, 0.1) is 13.2 Å². The molecular formula is C36H33NO2. The quantitative estimate of drug-likeness (QED) is 0.206. The summed E-state index contributed by atoms with van der Waals surface area (Å²) >= 11 is 0. The first-order valence-corrected chi connectivity index (χ1v) is 13.2. The van der Waals surface area contributed by atoms with E-state index in [1.165, 1.54) is 27.8 Å². The maximum atomic E-state index is 9.51. The molecule has 0 aliphatic heterocycles. The molecule has 0 fully saturated rings. The second-order valence-corrected chi connectivity index (χ2v) is 9.80. The van der Waals surface area contributed by atoms with E-state index in [4.69, 9.17) is 0 Å². The van der Waals surface area contributed by atoms with Crippen molar-refractivity contribution in [3.05, 3.63) is 160 Å². The van der Waals surface area contributed by atoms with Crippen LogP contribution in [0.15, 0.2) is 121 Å². The van der Waals surface area contributed by atoms with Gasteiger partial charge in [-0.15, -0.1) is 0 Å². The first-order chi connectivity index (χ1) is 19.1. The number of hydrogen-bond donors (Lipinski definition) is 2. The summed E-state index contributed by atoms with van der Waals surface area (Å²) in [5.41, 5.74) is 12.0. The molecule has 5 aromatic rings. The first kappa shape index (κ1) is 26.2. The Labute approximate surface area is 231 Å². The van der Waals surface area contributed by atoms with Crippen molar-refractivity contribution in [2.75, 3.05) is 4.90 Å². The van der Waals surface area contributed by atoms with Gasteiger partial charge in [0.1, 0.15) is 0 Å². The third-order valence-corrected chi connectivity index (χ3v) is 7.12. The van der Waals surface area contributed by atoms with Crippen LogP contribution >= 0.6 is 0 Å². The summed E-state index contributed by atoms with van der Waals surface area (Å²) in [4.78, 5) is 2.18. The van der Waals surface area contributed by atoms with Crippen LogP contribution in [0.2, 0.25) is 0 Å². The van der Waals surface area contributed by atoms with E-state index in [1.807, 2.05) is 54.6 Å². The second kappa shape index (κ2) is 12.0. The molecule has 5 aromatic carbocycles. The standard InChI is InChI=1S/C36H33NO2/c1-26-8-15-32(22-27(26)2)36(31-6-4-3-5-7-31)23-28-9-16-33(17-10-28)37(34-18-11-29(24-38)12-19-34)35-20-13-30(25-39)14-21-35/h3-23,38-39H,24-25H2,1-2H3/b36-23+. The fourth-order valence-electron chi connectivity index (χ4n) is 4.69. The summed E-state index contributed by atoms with van der Waals surface area (Å²) in [6.45, 7) is 4.32. The molecule has 0 aromatic heterocycles. The number of hydrogen-bond acceptors (Lipinski definition) is 3. The molecule has 0 saturated heterocycles. The summed E-state index contributed by atoms with van der Waals surface area (Å²) < 4.78 is 0. The Kier molecular flexibility index (Phi) is 8.02. The lowest BCUT2D eigenvalue weighted by atomic mass is 9.93. The van der Waals surface area contributed by atoms with Crippen LogP contribution in [0.25, 0.3) is 11.6 Å². The fraction of sp³-hybridized carbons (Fsp3) is 0.111. The zero-order chi connectivity index (χ0) is 27.2. The van der Waals surface area contributed by atoms with Gasteiger partial charge in [-0.05, 0) is 101 Å². The molecule has 0 aliphatic carbocycles. The van der Waals surface area contributed by atoms with E-state index < -0.39 is 0 Å². The van der Waals surface area contributed by atoms with Crippen LogP contribution in [0, 0.1) is 13.8 Å². The normalized spacial score (nSPS) is 11.4. The van der Waals surface area contributed by atoms with E-state index in [1.54, 1.807) is 0 Å². The maximum absolute atomic E-state index is 9.51. The van der Waals surface area contributed by atoms with Crippen molar-refractivity contribution in [1.82, 2.24) is 0 Å². The highest BCUT2D eigenvalue weighted by atomic mass is 16.3. The zero-order valence-electron chi connectivity index (χ0n) is 22.4. The van der Waals surface area contributed by atoms with E-state index in [-0.39, 0.29) is 13.2 Å². The number of rotatable bonds is 8. The van der Waals surface area contributed by atoms with Gasteiger partial charge in [0.2, 0.25) is 0 Å². The van der Waals surface area contributed by atoms with E-state index in [2.05, 4.69) is 91.6 Å². The number of anilines is 3. The minimum absolute atomic E-state index is 0.0107. The van der Waals surface area contributed by atoms with E-state index >= 15 is 0 Å². The zero-order valence-corrected chi connectivity index (χ0v) is 22.4. The highest BCUT2D eigenvalue weighted by Gasteiger charge is 2.13. The van der Waals surface area contributed by atoms with Gasteiger partial charge in [-0.25, -0.2) is 0 Å². The fourth-order valence-corrected chi connectivity index (χ4v) is 4.69. The van der Waals surface area contributed by atoms with Crippen LogP contribution in [0.4, 0.5) is 17.1 Å². The number of aliphatic hydroxyl groups is 2. The van der Waals surface area contributed by atoms with Crippen LogP contribution in [-0.4, -0.2) is 10.2 Å². The maximum Gasteiger partial charge on any atom is 0.0681 e. The molecule has 0 heterocycles. The summed E-state index contributed by atoms with van der Waals surface area (Å²) in [6.07, 6.45) is 2.25. The highest BCUT2D eigenvalue weighted by Crippen LogP contribution is 2.35. The summed E-state index contributed by atoms with van der Waals surface area (Å²) in [5.74, 6) is 0. The van der Waals surface area contributed by atoms with E-state index in [0.717, 1.165) is 33.8 Å². The van der Waals surface area contributed by atoms with Gasteiger partial charge in [-0.1, -0.05) is 84.9 Å². The minimum atomic E-state index is 0.0107. The number of aliphatic hydroxyl groups excluding tert-OH is 2. The van der Waals surface area contributed by atoms with E-state index in [9.17, 15) is 10.2 Å². The summed E-state index contributed by atoms with van der Waals surface area (Å²) in [5, 5.41) is 19.0. The van der Waals surface area contributed by atoms with E-state index in [0.29, 0.717) is 0 Å². The van der Waals surface area contributed by atoms with Crippen molar-refractivity contribution < 1.29 is 10.2 Å². The van der Waals surface area contributed by atoms with Crippen LogP contribution < -0.4 is 4.90 Å². The average Bonchev–Trinajstić information content (AvgIpc) is 2.99. The lowest BCUT2D eigenvalue weighted by Crippen LogP contribution is -2.10.